The van der Waals surface area contributed by atoms with Gasteiger partial charge in [0.2, 0.25) is 0 Å². The molecule has 0 unspecified atom stereocenters. The lowest BCUT2D eigenvalue weighted by Crippen LogP contribution is -2.00. The molecular formula is C53H31N5. The molecule has 268 valence electrons. The standard InChI is InChI=1S/C53H31N5/c1-3-15-32(16-4-1)51-54-52(33-17-5-2-6-18-33)56-53(55-51)34-29-30-45-43(31-34)41-24-13-26-42-47-38-22-9-7-19-35(38)36-20-8-10-23-39(36)50(47)58-44-27-12-11-21-37(44)40-25-14-28-46(49(40)58)57(45)48(41)42/h1-31H. The predicted octanol–water partition coefficient (Wildman–Crippen LogP) is 13.5. The lowest BCUT2D eigenvalue weighted by molar-refractivity contribution is 1.07. The van der Waals surface area contributed by atoms with E-state index >= 15 is 0 Å². The van der Waals surface area contributed by atoms with Gasteiger partial charge in [0.15, 0.2) is 17.5 Å². The van der Waals surface area contributed by atoms with Crippen molar-refractivity contribution in [3.63, 3.8) is 0 Å². The van der Waals surface area contributed by atoms with E-state index in [4.69, 9.17) is 15.0 Å². The van der Waals surface area contributed by atoms with Crippen LogP contribution in [0.15, 0.2) is 188 Å². The Hall–Kier alpha value is -7.89. The zero-order chi connectivity index (χ0) is 37.9. The first kappa shape index (κ1) is 31.3. The van der Waals surface area contributed by atoms with Gasteiger partial charge in [-0.2, -0.15) is 0 Å². The second-order valence-electron chi connectivity index (χ2n) is 15.1. The quantitative estimate of drug-likeness (QED) is 0.170. The molecule has 0 N–H and O–H groups in total. The molecule has 4 heterocycles. The van der Waals surface area contributed by atoms with Gasteiger partial charge in [-0.1, -0.05) is 158 Å². The van der Waals surface area contributed by atoms with Gasteiger partial charge in [-0.15, -0.1) is 0 Å². The molecule has 5 heteroatoms. The third-order valence-corrected chi connectivity index (χ3v) is 12.1. The highest BCUT2D eigenvalue weighted by atomic mass is 15.0. The van der Waals surface area contributed by atoms with Crippen LogP contribution in [0.2, 0.25) is 0 Å². The number of hydrogen-bond donors (Lipinski definition) is 0. The second kappa shape index (κ2) is 11.8. The van der Waals surface area contributed by atoms with Crippen molar-refractivity contribution >= 4 is 87.0 Å². The average Bonchev–Trinajstić information content (AvgIpc) is 3.81. The molecule has 58 heavy (non-hydrogen) atoms. The van der Waals surface area contributed by atoms with Gasteiger partial charge < -0.3 is 8.80 Å². The summed E-state index contributed by atoms with van der Waals surface area (Å²) in [5, 5.41) is 12.2. The lowest BCUT2D eigenvalue weighted by Gasteiger charge is -2.15. The highest BCUT2D eigenvalue weighted by Gasteiger charge is 2.22. The molecule has 4 aromatic heterocycles. The number of rotatable bonds is 3. The van der Waals surface area contributed by atoms with E-state index in [-0.39, 0.29) is 0 Å². The maximum Gasteiger partial charge on any atom is 0.164 e. The highest BCUT2D eigenvalue weighted by Crippen LogP contribution is 2.45. The number of hydrogen-bond acceptors (Lipinski definition) is 3. The van der Waals surface area contributed by atoms with Crippen molar-refractivity contribution in [3.05, 3.63) is 188 Å². The first-order chi connectivity index (χ1) is 28.8. The summed E-state index contributed by atoms with van der Waals surface area (Å²) in [7, 11) is 0. The minimum absolute atomic E-state index is 0.640. The Balaban J connectivity index is 1.24. The average molecular weight is 738 g/mol. The Bertz CT molecular complexity index is 3790. The van der Waals surface area contributed by atoms with Crippen molar-refractivity contribution in [2.45, 2.75) is 0 Å². The van der Waals surface area contributed by atoms with E-state index < -0.39 is 0 Å². The maximum atomic E-state index is 5.12. The van der Waals surface area contributed by atoms with Gasteiger partial charge in [-0.05, 0) is 46.5 Å². The van der Waals surface area contributed by atoms with Crippen LogP contribution in [0.4, 0.5) is 0 Å². The molecule has 9 aromatic carbocycles. The zero-order valence-corrected chi connectivity index (χ0v) is 31.1. The molecule has 0 radical (unpaired) electrons. The summed E-state index contributed by atoms with van der Waals surface area (Å²) in [5.74, 6) is 1.94. The van der Waals surface area contributed by atoms with Gasteiger partial charge in [0, 0.05) is 54.4 Å². The Kier molecular flexibility index (Phi) is 6.38. The van der Waals surface area contributed by atoms with Crippen LogP contribution < -0.4 is 0 Å². The molecule has 0 amide bonds. The summed E-state index contributed by atoms with van der Waals surface area (Å²) in [6.07, 6.45) is 0. The summed E-state index contributed by atoms with van der Waals surface area (Å²) in [6.45, 7) is 0. The summed E-state index contributed by atoms with van der Waals surface area (Å²) in [5.41, 5.74) is 9.90. The van der Waals surface area contributed by atoms with Crippen molar-refractivity contribution in [2.75, 3.05) is 0 Å². The molecular weight excluding hydrogens is 707 g/mol. The first-order valence-electron chi connectivity index (χ1n) is 19.7. The van der Waals surface area contributed by atoms with E-state index in [9.17, 15) is 0 Å². The SMILES string of the molecule is c1ccc(-c2nc(-c3ccccc3)nc(-c3ccc4c(c3)c3cccc5c6c7ccccc7c7ccccc7c6n6c7ccccc7c7cccc(c76)n4c35)n2)cc1. The van der Waals surface area contributed by atoms with E-state index in [2.05, 4.69) is 160 Å². The molecule has 0 spiro atoms. The van der Waals surface area contributed by atoms with Crippen molar-refractivity contribution in [2.24, 2.45) is 0 Å². The fourth-order valence-corrected chi connectivity index (χ4v) is 9.64. The van der Waals surface area contributed by atoms with E-state index in [0.717, 1.165) is 33.1 Å². The van der Waals surface area contributed by atoms with Crippen LogP contribution in [0.5, 0.6) is 0 Å². The summed E-state index contributed by atoms with van der Waals surface area (Å²) in [4.78, 5) is 15.2. The fraction of sp³-hybridized carbons (Fsp3) is 0. The van der Waals surface area contributed by atoms with Crippen molar-refractivity contribution in [1.82, 2.24) is 23.8 Å². The molecule has 0 atom stereocenters. The van der Waals surface area contributed by atoms with Gasteiger partial charge in [0.25, 0.3) is 0 Å². The van der Waals surface area contributed by atoms with Crippen LogP contribution in [0.1, 0.15) is 0 Å². The molecule has 0 aliphatic carbocycles. The van der Waals surface area contributed by atoms with E-state index in [1.54, 1.807) is 0 Å². The minimum atomic E-state index is 0.640. The normalized spacial score (nSPS) is 12.1. The third kappa shape index (κ3) is 4.27. The van der Waals surface area contributed by atoms with Gasteiger partial charge in [-0.3, -0.25) is 0 Å². The highest BCUT2D eigenvalue weighted by molar-refractivity contribution is 6.34. The number of nitrogens with zero attached hydrogens (tertiary/aromatic N) is 5. The molecule has 0 fully saturated rings. The predicted molar refractivity (Wildman–Crippen MR) is 241 cm³/mol. The molecule has 5 nitrogen and oxygen atoms in total. The van der Waals surface area contributed by atoms with Crippen molar-refractivity contribution in [3.8, 4) is 34.2 Å². The Morgan fingerprint density at radius 2 is 0.724 bits per heavy atom. The van der Waals surface area contributed by atoms with Gasteiger partial charge in [0.1, 0.15) is 0 Å². The minimum Gasteiger partial charge on any atom is -0.306 e. The zero-order valence-electron chi connectivity index (χ0n) is 31.1. The number of benzene rings is 9. The molecule has 0 aliphatic rings. The van der Waals surface area contributed by atoms with Crippen LogP contribution in [0, 0.1) is 0 Å². The van der Waals surface area contributed by atoms with Crippen molar-refractivity contribution < 1.29 is 0 Å². The van der Waals surface area contributed by atoms with Gasteiger partial charge >= 0.3 is 0 Å². The van der Waals surface area contributed by atoms with Crippen LogP contribution in [0.3, 0.4) is 0 Å². The van der Waals surface area contributed by atoms with E-state index in [0.29, 0.717) is 17.5 Å². The van der Waals surface area contributed by atoms with E-state index in [1.165, 1.54) is 70.5 Å². The summed E-state index contributed by atoms with van der Waals surface area (Å²) in [6, 6.07) is 67.4. The summed E-state index contributed by atoms with van der Waals surface area (Å²) >= 11 is 0. The Morgan fingerprint density at radius 3 is 1.43 bits per heavy atom. The topological polar surface area (TPSA) is 47.5 Å². The Labute approximate surface area is 331 Å². The molecule has 0 aliphatic heterocycles. The van der Waals surface area contributed by atoms with Crippen molar-refractivity contribution in [1.29, 1.82) is 0 Å². The van der Waals surface area contributed by atoms with Gasteiger partial charge in [0.05, 0.1) is 33.1 Å². The number of para-hydroxylation sites is 3. The molecule has 0 saturated carbocycles. The molecule has 13 rings (SSSR count). The molecule has 0 saturated heterocycles. The first-order valence-corrected chi connectivity index (χ1v) is 19.7. The smallest absolute Gasteiger partial charge is 0.164 e. The molecule has 13 aromatic rings. The Morgan fingerprint density at radius 1 is 0.259 bits per heavy atom. The largest absolute Gasteiger partial charge is 0.306 e. The van der Waals surface area contributed by atoms with E-state index in [1.807, 2.05) is 36.4 Å². The fourth-order valence-electron chi connectivity index (χ4n) is 9.64. The third-order valence-electron chi connectivity index (χ3n) is 12.1. The summed E-state index contributed by atoms with van der Waals surface area (Å²) < 4.78 is 5.06. The maximum absolute atomic E-state index is 5.12. The van der Waals surface area contributed by atoms with Gasteiger partial charge in [-0.25, -0.2) is 15.0 Å². The lowest BCUT2D eigenvalue weighted by atomic mass is 9.94. The monoisotopic (exact) mass is 737 g/mol. The number of fused-ring (bicyclic) bond motifs is 15. The number of aromatic nitrogens is 5. The van der Waals surface area contributed by atoms with Crippen LogP contribution in [0.25, 0.3) is 121 Å². The van der Waals surface area contributed by atoms with Crippen LogP contribution >= 0.6 is 0 Å². The molecule has 0 bridgehead atoms. The second-order valence-corrected chi connectivity index (χ2v) is 15.1. The van der Waals surface area contributed by atoms with Crippen LogP contribution in [-0.2, 0) is 0 Å². The van der Waals surface area contributed by atoms with Crippen LogP contribution in [-0.4, -0.2) is 23.8 Å².